The van der Waals surface area contributed by atoms with Gasteiger partial charge in [-0.25, -0.2) is 8.78 Å². The van der Waals surface area contributed by atoms with Gasteiger partial charge in [-0.05, 0) is 37.8 Å². The second-order valence-electron chi connectivity index (χ2n) is 5.43. The van der Waals surface area contributed by atoms with Crippen LogP contribution in [0.5, 0.6) is 0 Å². The van der Waals surface area contributed by atoms with Gasteiger partial charge in [0.25, 0.3) is 0 Å². The van der Waals surface area contributed by atoms with Gasteiger partial charge >= 0.3 is 0 Å². The van der Waals surface area contributed by atoms with E-state index in [-0.39, 0.29) is 36.4 Å². The number of nitrogens with two attached hydrogens (primary N) is 1. The van der Waals surface area contributed by atoms with Gasteiger partial charge in [-0.1, -0.05) is 12.1 Å². The minimum absolute atomic E-state index is 0.0203. The summed E-state index contributed by atoms with van der Waals surface area (Å²) in [5.41, 5.74) is 6.11. The molecule has 1 saturated heterocycles. The summed E-state index contributed by atoms with van der Waals surface area (Å²) in [4.78, 5) is 13.9. The number of benzene rings is 1. The summed E-state index contributed by atoms with van der Waals surface area (Å²) in [6, 6.07) is 4.31. The zero-order chi connectivity index (χ0) is 14.7. The van der Waals surface area contributed by atoms with E-state index in [0.29, 0.717) is 6.54 Å². The maximum absolute atomic E-state index is 13.5. The summed E-state index contributed by atoms with van der Waals surface area (Å²) in [6.07, 6.45) is 2.00. The number of amides is 1. The van der Waals surface area contributed by atoms with Crippen LogP contribution in [0.25, 0.3) is 0 Å². The molecule has 1 aliphatic rings. The molecule has 1 aromatic carbocycles. The van der Waals surface area contributed by atoms with Gasteiger partial charge in [0.05, 0.1) is 0 Å². The third kappa shape index (κ3) is 3.33. The van der Waals surface area contributed by atoms with Crippen molar-refractivity contribution in [2.24, 2.45) is 5.73 Å². The highest BCUT2D eigenvalue weighted by Crippen LogP contribution is 2.19. The second-order valence-corrected chi connectivity index (χ2v) is 5.43. The first-order chi connectivity index (χ1) is 9.49. The maximum Gasteiger partial charge on any atom is 0.223 e. The summed E-state index contributed by atoms with van der Waals surface area (Å²) in [7, 11) is 0. The van der Waals surface area contributed by atoms with Crippen LogP contribution in [0.3, 0.4) is 0 Å². The van der Waals surface area contributed by atoms with Gasteiger partial charge in [0.15, 0.2) is 11.6 Å². The predicted octanol–water partition coefficient (Wildman–Crippen LogP) is 2.24. The van der Waals surface area contributed by atoms with Gasteiger partial charge in [-0.15, -0.1) is 0 Å². The van der Waals surface area contributed by atoms with E-state index in [4.69, 9.17) is 5.73 Å². The van der Waals surface area contributed by atoms with Gasteiger partial charge in [-0.2, -0.15) is 0 Å². The number of carbonyl (C=O) groups is 1. The van der Waals surface area contributed by atoms with Crippen molar-refractivity contribution in [3.63, 3.8) is 0 Å². The summed E-state index contributed by atoms with van der Waals surface area (Å²) < 4.78 is 26.6. The quantitative estimate of drug-likeness (QED) is 0.924. The summed E-state index contributed by atoms with van der Waals surface area (Å²) in [6.45, 7) is 2.62. The number of piperidine rings is 1. The number of halogens is 2. The largest absolute Gasteiger partial charge is 0.340 e. The molecule has 1 amide bonds. The first-order valence-electron chi connectivity index (χ1n) is 6.97. The third-order valence-electron chi connectivity index (χ3n) is 3.88. The van der Waals surface area contributed by atoms with Gasteiger partial charge in [-0.3, -0.25) is 4.79 Å². The first kappa shape index (κ1) is 14.9. The van der Waals surface area contributed by atoms with Crippen molar-refractivity contribution in [1.82, 2.24) is 4.90 Å². The molecule has 0 saturated carbocycles. The second kappa shape index (κ2) is 6.31. The van der Waals surface area contributed by atoms with Crippen LogP contribution in [0.4, 0.5) is 8.78 Å². The van der Waals surface area contributed by atoms with Crippen LogP contribution in [0.1, 0.15) is 31.7 Å². The van der Waals surface area contributed by atoms with E-state index in [1.54, 1.807) is 4.90 Å². The molecule has 0 aromatic heterocycles. The van der Waals surface area contributed by atoms with E-state index in [9.17, 15) is 13.6 Å². The molecule has 0 bridgehead atoms. The predicted molar refractivity (Wildman–Crippen MR) is 73.1 cm³/mol. The molecule has 0 unspecified atom stereocenters. The number of aryl methyl sites for hydroxylation is 1. The zero-order valence-corrected chi connectivity index (χ0v) is 11.6. The fourth-order valence-corrected chi connectivity index (χ4v) is 2.71. The minimum atomic E-state index is -0.868. The standard InChI is InChI=1S/C15H20F2N2O/c1-10-9-12(18)7-8-19(10)14(20)6-5-11-3-2-4-13(16)15(11)17/h2-4,10,12H,5-9,18H2,1H3/t10-,12+/m1/s1. The lowest BCUT2D eigenvalue weighted by Crippen LogP contribution is -2.48. The molecule has 1 fully saturated rings. The summed E-state index contributed by atoms with van der Waals surface area (Å²) >= 11 is 0. The third-order valence-corrected chi connectivity index (χ3v) is 3.88. The molecule has 2 atom stereocenters. The summed E-state index contributed by atoms with van der Waals surface area (Å²) in [5.74, 6) is -1.74. The van der Waals surface area contributed by atoms with Crippen molar-refractivity contribution in [2.75, 3.05) is 6.54 Å². The van der Waals surface area contributed by atoms with E-state index in [0.717, 1.165) is 18.9 Å². The molecule has 1 heterocycles. The van der Waals surface area contributed by atoms with E-state index < -0.39 is 11.6 Å². The molecule has 2 N–H and O–H groups in total. The fourth-order valence-electron chi connectivity index (χ4n) is 2.71. The normalized spacial score (nSPS) is 22.9. The molecule has 5 heteroatoms. The van der Waals surface area contributed by atoms with Crippen LogP contribution < -0.4 is 5.73 Å². The Kier molecular flexibility index (Phi) is 4.70. The van der Waals surface area contributed by atoms with Gasteiger partial charge in [0, 0.05) is 25.0 Å². The highest BCUT2D eigenvalue weighted by molar-refractivity contribution is 5.76. The lowest BCUT2D eigenvalue weighted by atomic mass is 9.98. The Labute approximate surface area is 117 Å². The Morgan fingerprint density at radius 2 is 2.20 bits per heavy atom. The lowest BCUT2D eigenvalue weighted by molar-refractivity contribution is -0.134. The Morgan fingerprint density at radius 3 is 2.90 bits per heavy atom. The number of carbonyl (C=O) groups excluding carboxylic acids is 1. The highest BCUT2D eigenvalue weighted by atomic mass is 19.2. The Hall–Kier alpha value is -1.49. The Morgan fingerprint density at radius 1 is 1.45 bits per heavy atom. The SMILES string of the molecule is C[C@@H]1C[C@@H](N)CCN1C(=O)CCc1cccc(F)c1F. The molecule has 0 spiro atoms. The molecule has 0 radical (unpaired) electrons. The van der Waals surface area contributed by atoms with Gasteiger partial charge in [0.1, 0.15) is 0 Å². The van der Waals surface area contributed by atoms with E-state index in [1.165, 1.54) is 12.1 Å². The Balaban J connectivity index is 1.93. The fraction of sp³-hybridized carbons (Fsp3) is 0.533. The molecule has 0 aliphatic carbocycles. The van der Waals surface area contributed by atoms with E-state index in [1.807, 2.05) is 6.92 Å². The Bertz CT molecular complexity index is 493. The highest BCUT2D eigenvalue weighted by Gasteiger charge is 2.26. The van der Waals surface area contributed by atoms with E-state index >= 15 is 0 Å². The average Bonchev–Trinajstić information content (AvgIpc) is 2.40. The van der Waals surface area contributed by atoms with Crippen molar-refractivity contribution >= 4 is 5.91 Å². The molecule has 1 aromatic rings. The van der Waals surface area contributed by atoms with Crippen LogP contribution in [0.2, 0.25) is 0 Å². The van der Waals surface area contributed by atoms with Crippen molar-refractivity contribution in [3.05, 3.63) is 35.4 Å². The topological polar surface area (TPSA) is 46.3 Å². The zero-order valence-electron chi connectivity index (χ0n) is 11.6. The van der Waals surface area contributed by atoms with Crippen LogP contribution in [0.15, 0.2) is 18.2 Å². The molecule has 2 rings (SSSR count). The van der Waals surface area contributed by atoms with Gasteiger partial charge < -0.3 is 10.6 Å². The van der Waals surface area contributed by atoms with Crippen LogP contribution in [-0.2, 0) is 11.2 Å². The molecule has 110 valence electrons. The number of hydrogen-bond donors (Lipinski definition) is 1. The minimum Gasteiger partial charge on any atom is -0.340 e. The smallest absolute Gasteiger partial charge is 0.223 e. The molecule has 3 nitrogen and oxygen atoms in total. The lowest BCUT2D eigenvalue weighted by Gasteiger charge is -2.36. The summed E-state index contributed by atoms with van der Waals surface area (Å²) in [5, 5.41) is 0. The number of hydrogen-bond acceptors (Lipinski definition) is 2. The van der Waals surface area contributed by atoms with Crippen LogP contribution >= 0.6 is 0 Å². The van der Waals surface area contributed by atoms with Crippen LogP contribution in [0, 0.1) is 11.6 Å². The first-order valence-corrected chi connectivity index (χ1v) is 6.97. The van der Waals surface area contributed by atoms with Crippen molar-refractivity contribution in [3.8, 4) is 0 Å². The molecular formula is C15H20F2N2O. The monoisotopic (exact) mass is 282 g/mol. The van der Waals surface area contributed by atoms with E-state index in [2.05, 4.69) is 0 Å². The average molecular weight is 282 g/mol. The van der Waals surface area contributed by atoms with Crippen molar-refractivity contribution in [1.29, 1.82) is 0 Å². The number of rotatable bonds is 3. The molecular weight excluding hydrogens is 262 g/mol. The van der Waals surface area contributed by atoms with Gasteiger partial charge in [0.2, 0.25) is 5.91 Å². The number of likely N-dealkylation sites (tertiary alicyclic amines) is 1. The number of nitrogens with zero attached hydrogens (tertiary/aromatic N) is 1. The van der Waals surface area contributed by atoms with Crippen molar-refractivity contribution in [2.45, 2.75) is 44.7 Å². The van der Waals surface area contributed by atoms with Crippen LogP contribution in [-0.4, -0.2) is 29.4 Å². The molecule has 20 heavy (non-hydrogen) atoms. The molecule has 1 aliphatic heterocycles. The maximum atomic E-state index is 13.5. The van der Waals surface area contributed by atoms with Crippen molar-refractivity contribution < 1.29 is 13.6 Å².